The Morgan fingerprint density at radius 3 is 2.58 bits per heavy atom. The van der Waals surface area contributed by atoms with E-state index in [1.165, 1.54) is 6.92 Å². The van der Waals surface area contributed by atoms with Gasteiger partial charge >= 0.3 is 0 Å². The van der Waals surface area contributed by atoms with Gasteiger partial charge in [-0.25, -0.2) is 0 Å². The van der Waals surface area contributed by atoms with Crippen LogP contribution >= 0.6 is 0 Å². The largest absolute Gasteiger partial charge is 0.467 e. The summed E-state index contributed by atoms with van der Waals surface area (Å²) in [7, 11) is 0. The highest BCUT2D eigenvalue weighted by atomic mass is 16.5. The molecule has 0 aromatic rings. The highest BCUT2D eigenvalue weighted by molar-refractivity contribution is 5.36. The van der Waals surface area contributed by atoms with Crippen LogP contribution in [0, 0.1) is 22.7 Å². The van der Waals surface area contributed by atoms with Crippen molar-refractivity contribution in [3.05, 3.63) is 0 Å². The minimum Gasteiger partial charge on any atom is -0.467 e. The summed E-state index contributed by atoms with van der Waals surface area (Å²) in [5, 5.41) is 18.0. The zero-order valence-electron chi connectivity index (χ0n) is 6.91. The summed E-state index contributed by atoms with van der Waals surface area (Å²) in [6.45, 7) is 2.97. The van der Waals surface area contributed by atoms with E-state index in [1.807, 2.05) is 6.07 Å². The summed E-state index contributed by atoms with van der Waals surface area (Å²) in [5.74, 6) is 0. The van der Waals surface area contributed by atoms with Gasteiger partial charge in [-0.2, -0.15) is 10.5 Å². The van der Waals surface area contributed by atoms with Crippen LogP contribution in [0.3, 0.4) is 0 Å². The molecule has 5 heteroatoms. The van der Waals surface area contributed by atoms with E-state index in [0.717, 1.165) is 0 Å². The average molecular weight is 169 g/mol. The van der Waals surface area contributed by atoms with Crippen molar-refractivity contribution in [2.45, 2.75) is 6.92 Å². The van der Waals surface area contributed by atoms with Crippen LogP contribution in [-0.2, 0) is 9.53 Å². The van der Waals surface area contributed by atoms with Gasteiger partial charge in [0.05, 0.1) is 18.7 Å². The molecule has 0 aliphatic rings. The summed E-state index contributed by atoms with van der Waals surface area (Å²) in [6.07, 6.45) is 0. The summed E-state index contributed by atoms with van der Waals surface area (Å²) < 4.78 is 4.33. The number of nitriles is 2. The van der Waals surface area contributed by atoms with Crippen molar-refractivity contribution in [2.75, 3.05) is 19.7 Å². The normalized spacial score (nSPS) is 6.58. The molecule has 0 spiro atoms. The third-order valence-electron chi connectivity index (χ3n) is 0.669. The predicted molar refractivity (Wildman–Crippen MR) is 41.8 cm³/mol. The van der Waals surface area contributed by atoms with Crippen LogP contribution in [0.5, 0.6) is 0 Å². The van der Waals surface area contributed by atoms with Gasteiger partial charge in [0, 0.05) is 13.5 Å². The molecular weight excluding hydrogens is 158 g/mol. The van der Waals surface area contributed by atoms with Gasteiger partial charge < -0.3 is 10.1 Å². The van der Waals surface area contributed by atoms with E-state index >= 15 is 0 Å². The molecule has 0 bridgehead atoms. The number of nitrogens with one attached hydrogen (secondary N) is 1. The van der Waals surface area contributed by atoms with Gasteiger partial charge in [-0.1, -0.05) is 0 Å². The van der Waals surface area contributed by atoms with Crippen LogP contribution in [0.15, 0.2) is 0 Å². The zero-order chi connectivity index (χ0) is 9.66. The molecule has 0 atom stereocenters. The first-order valence-electron chi connectivity index (χ1n) is 3.27. The van der Waals surface area contributed by atoms with Crippen molar-refractivity contribution in [2.24, 2.45) is 0 Å². The van der Waals surface area contributed by atoms with Gasteiger partial charge in [0.1, 0.15) is 6.61 Å². The molecule has 0 aromatic carbocycles. The molecular formula is C7H11N3O2. The molecule has 0 rings (SSSR count). The Balaban J connectivity index is 0. The smallest absolute Gasteiger partial charge is 0.293 e. The van der Waals surface area contributed by atoms with Gasteiger partial charge in [-0.15, -0.1) is 0 Å². The lowest BCUT2D eigenvalue weighted by molar-refractivity contribution is -0.128. The second kappa shape index (κ2) is 16.2. The van der Waals surface area contributed by atoms with Gasteiger partial charge in [0.2, 0.25) is 0 Å². The Labute approximate surface area is 71.5 Å². The molecule has 0 fully saturated rings. The van der Waals surface area contributed by atoms with E-state index in [1.54, 1.807) is 6.07 Å². The monoisotopic (exact) mass is 169 g/mol. The maximum absolute atomic E-state index is 9.52. The maximum Gasteiger partial charge on any atom is 0.293 e. The van der Waals surface area contributed by atoms with E-state index in [4.69, 9.17) is 10.5 Å². The van der Waals surface area contributed by atoms with Crippen molar-refractivity contribution in [3.63, 3.8) is 0 Å². The van der Waals surface area contributed by atoms with Crippen LogP contribution in [0.1, 0.15) is 6.92 Å². The molecule has 5 nitrogen and oxygen atoms in total. The van der Waals surface area contributed by atoms with Crippen molar-refractivity contribution in [3.8, 4) is 12.1 Å². The molecule has 0 amide bonds. The Kier molecular flexibility index (Phi) is 17.6. The van der Waals surface area contributed by atoms with Crippen LogP contribution in [0.25, 0.3) is 0 Å². The summed E-state index contributed by atoms with van der Waals surface area (Å²) in [4.78, 5) is 9.52. The molecule has 0 heterocycles. The molecule has 0 radical (unpaired) electrons. The Hall–Kier alpha value is -1.59. The summed E-state index contributed by atoms with van der Waals surface area (Å²) in [5.41, 5.74) is 0. The molecule has 0 aromatic heterocycles. The first kappa shape index (κ1) is 13.0. The first-order chi connectivity index (χ1) is 5.83. The molecule has 0 saturated carbocycles. The minimum absolute atomic E-state index is 0.294. The molecule has 0 saturated heterocycles. The van der Waals surface area contributed by atoms with Crippen LogP contribution in [0.2, 0.25) is 0 Å². The van der Waals surface area contributed by atoms with E-state index in [2.05, 4.69) is 10.1 Å². The van der Waals surface area contributed by atoms with E-state index in [0.29, 0.717) is 26.2 Å². The summed E-state index contributed by atoms with van der Waals surface area (Å²) in [6, 6.07) is 3.64. The third kappa shape index (κ3) is 23.7. The Bertz CT molecular complexity index is 168. The minimum atomic E-state index is 0.294. The number of nitrogens with zero attached hydrogens (tertiary/aromatic N) is 2. The van der Waals surface area contributed by atoms with Crippen molar-refractivity contribution >= 4 is 6.47 Å². The maximum atomic E-state index is 9.52. The molecule has 0 aliphatic heterocycles. The van der Waals surface area contributed by atoms with Gasteiger partial charge in [0.15, 0.2) is 0 Å². The molecule has 0 aliphatic carbocycles. The average Bonchev–Trinajstić information content (AvgIpc) is 2.06. The second-order valence-electron chi connectivity index (χ2n) is 1.53. The Morgan fingerprint density at radius 2 is 2.17 bits per heavy atom. The lowest BCUT2D eigenvalue weighted by atomic mass is 10.6. The number of carbonyl (C=O) groups excluding carboxylic acids is 1. The van der Waals surface area contributed by atoms with E-state index < -0.39 is 0 Å². The molecule has 0 unspecified atom stereocenters. The third-order valence-corrected chi connectivity index (χ3v) is 0.669. The number of hydrogen-bond acceptors (Lipinski definition) is 5. The van der Waals surface area contributed by atoms with Gasteiger partial charge in [0.25, 0.3) is 6.47 Å². The fraction of sp³-hybridized carbons (Fsp3) is 0.571. The second-order valence-corrected chi connectivity index (χ2v) is 1.53. The van der Waals surface area contributed by atoms with Crippen LogP contribution < -0.4 is 5.32 Å². The number of ether oxygens (including phenoxy) is 1. The zero-order valence-corrected chi connectivity index (χ0v) is 6.91. The molecule has 1 N–H and O–H groups in total. The number of rotatable bonds is 5. The van der Waals surface area contributed by atoms with Crippen molar-refractivity contribution in [1.29, 1.82) is 10.5 Å². The van der Waals surface area contributed by atoms with Crippen molar-refractivity contribution < 1.29 is 9.53 Å². The van der Waals surface area contributed by atoms with E-state index in [-0.39, 0.29) is 0 Å². The molecule has 66 valence electrons. The lowest BCUT2D eigenvalue weighted by Gasteiger charge is -1.95. The van der Waals surface area contributed by atoms with Gasteiger partial charge in [-0.3, -0.25) is 4.79 Å². The summed E-state index contributed by atoms with van der Waals surface area (Å²) >= 11 is 0. The number of carbonyl (C=O) groups is 1. The molecule has 12 heavy (non-hydrogen) atoms. The highest BCUT2D eigenvalue weighted by Crippen LogP contribution is 1.62. The predicted octanol–water partition coefficient (Wildman–Crippen LogP) is -0.198. The van der Waals surface area contributed by atoms with Crippen LogP contribution in [0.4, 0.5) is 0 Å². The fourth-order valence-electron chi connectivity index (χ4n) is 0.323. The SMILES string of the molecule is CC#N.N#CCNCCOC=O. The number of hydrogen-bond donors (Lipinski definition) is 1. The standard InChI is InChI=1S/C5H8N2O2.C2H3N/c6-1-2-7-3-4-9-5-8;1-2-3/h5,7H,2-4H2;1H3. The van der Waals surface area contributed by atoms with E-state index in [9.17, 15) is 4.79 Å². The lowest BCUT2D eigenvalue weighted by Crippen LogP contribution is -2.19. The topological polar surface area (TPSA) is 85.9 Å². The van der Waals surface area contributed by atoms with Crippen LogP contribution in [-0.4, -0.2) is 26.2 Å². The Morgan fingerprint density at radius 1 is 1.58 bits per heavy atom. The first-order valence-corrected chi connectivity index (χ1v) is 3.27. The quantitative estimate of drug-likeness (QED) is 0.350. The highest BCUT2D eigenvalue weighted by Gasteiger charge is 1.82. The van der Waals surface area contributed by atoms with Gasteiger partial charge in [-0.05, 0) is 0 Å². The van der Waals surface area contributed by atoms with Crippen molar-refractivity contribution in [1.82, 2.24) is 5.32 Å². The fourth-order valence-corrected chi connectivity index (χ4v) is 0.323.